The lowest BCUT2D eigenvalue weighted by Crippen LogP contribution is -2.44. The van der Waals surface area contributed by atoms with Crippen molar-refractivity contribution < 1.29 is 9.53 Å². The quantitative estimate of drug-likeness (QED) is 0.734. The molecule has 0 aromatic carbocycles. The number of alkyl halides is 1. The van der Waals surface area contributed by atoms with Gasteiger partial charge in [0.25, 0.3) is 5.91 Å². The Hall–Kier alpha value is -0.0900. The van der Waals surface area contributed by atoms with E-state index in [4.69, 9.17) is 4.74 Å². The minimum Gasteiger partial charge on any atom is -0.365 e. The first kappa shape index (κ1) is 13.3. The highest BCUT2D eigenvalue weighted by Crippen LogP contribution is 2.27. The number of nitrogens with zero attached hydrogens (tertiary/aromatic N) is 1. The highest BCUT2D eigenvalue weighted by molar-refractivity contribution is 9.09. The van der Waals surface area contributed by atoms with Crippen molar-refractivity contribution in [2.75, 3.05) is 13.1 Å². The van der Waals surface area contributed by atoms with E-state index >= 15 is 0 Å². The lowest BCUT2D eigenvalue weighted by atomic mass is 9.94. The Kier molecular flexibility index (Phi) is 4.47. The SMILES string of the molecule is CC1CCC(C(=O)N2CCC(C(C)Br)CC2)O1. The minimum atomic E-state index is -0.164. The van der Waals surface area contributed by atoms with Gasteiger partial charge < -0.3 is 9.64 Å². The van der Waals surface area contributed by atoms with Crippen LogP contribution >= 0.6 is 15.9 Å². The van der Waals surface area contributed by atoms with E-state index in [-0.39, 0.29) is 18.1 Å². The van der Waals surface area contributed by atoms with Crippen LogP contribution in [0.4, 0.5) is 0 Å². The number of amides is 1. The molecule has 98 valence electrons. The highest BCUT2D eigenvalue weighted by atomic mass is 79.9. The number of carbonyl (C=O) groups excluding carboxylic acids is 1. The zero-order valence-electron chi connectivity index (χ0n) is 10.7. The predicted octanol–water partition coefficient (Wildman–Crippen LogP) is 2.58. The molecule has 0 N–H and O–H groups in total. The smallest absolute Gasteiger partial charge is 0.251 e. The summed E-state index contributed by atoms with van der Waals surface area (Å²) in [4.78, 5) is 14.8. The number of ether oxygens (including phenoxy) is 1. The number of hydrogen-bond donors (Lipinski definition) is 0. The average molecular weight is 304 g/mol. The van der Waals surface area contributed by atoms with Crippen molar-refractivity contribution in [3.8, 4) is 0 Å². The molecule has 2 fully saturated rings. The van der Waals surface area contributed by atoms with Gasteiger partial charge in [0.15, 0.2) is 0 Å². The Morgan fingerprint density at radius 1 is 1.29 bits per heavy atom. The van der Waals surface area contributed by atoms with Gasteiger partial charge in [-0.15, -0.1) is 0 Å². The van der Waals surface area contributed by atoms with Crippen molar-refractivity contribution in [1.82, 2.24) is 4.90 Å². The Morgan fingerprint density at radius 3 is 2.41 bits per heavy atom. The molecule has 0 aromatic rings. The zero-order valence-corrected chi connectivity index (χ0v) is 12.3. The number of hydrogen-bond acceptors (Lipinski definition) is 2. The second-order valence-corrected chi connectivity index (χ2v) is 6.80. The maximum atomic E-state index is 12.2. The second kappa shape index (κ2) is 5.70. The Morgan fingerprint density at radius 2 is 1.94 bits per heavy atom. The molecule has 2 aliphatic rings. The first-order chi connectivity index (χ1) is 8.08. The van der Waals surface area contributed by atoms with Crippen molar-refractivity contribution in [1.29, 1.82) is 0 Å². The fourth-order valence-electron chi connectivity index (χ4n) is 2.77. The van der Waals surface area contributed by atoms with E-state index in [0.717, 1.165) is 38.8 Å². The van der Waals surface area contributed by atoms with E-state index in [0.29, 0.717) is 10.7 Å². The molecule has 1 amide bonds. The molecule has 2 aliphatic heterocycles. The van der Waals surface area contributed by atoms with E-state index in [2.05, 4.69) is 22.9 Å². The third kappa shape index (κ3) is 3.22. The maximum Gasteiger partial charge on any atom is 0.251 e. The molecule has 2 saturated heterocycles. The second-order valence-electron chi connectivity index (χ2n) is 5.35. The van der Waals surface area contributed by atoms with Crippen molar-refractivity contribution in [3.63, 3.8) is 0 Å². The van der Waals surface area contributed by atoms with E-state index in [9.17, 15) is 4.79 Å². The van der Waals surface area contributed by atoms with Crippen LogP contribution in [0.1, 0.15) is 39.5 Å². The standard InChI is InChI=1S/C13H22BrNO2/c1-9-3-4-12(17-9)13(16)15-7-5-11(6-8-15)10(2)14/h9-12H,3-8H2,1-2H3. The van der Waals surface area contributed by atoms with Gasteiger partial charge in [-0.2, -0.15) is 0 Å². The largest absolute Gasteiger partial charge is 0.365 e. The summed E-state index contributed by atoms with van der Waals surface area (Å²) in [7, 11) is 0. The van der Waals surface area contributed by atoms with Crippen molar-refractivity contribution in [3.05, 3.63) is 0 Å². The summed E-state index contributed by atoms with van der Waals surface area (Å²) in [6.45, 7) is 6.04. The van der Waals surface area contributed by atoms with Crippen molar-refractivity contribution >= 4 is 21.8 Å². The monoisotopic (exact) mass is 303 g/mol. The Bertz CT molecular complexity index is 275. The number of likely N-dealkylation sites (tertiary alicyclic amines) is 1. The first-order valence-electron chi connectivity index (χ1n) is 6.66. The molecule has 0 bridgehead atoms. The van der Waals surface area contributed by atoms with Gasteiger partial charge >= 0.3 is 0 Å². The summed E-state index contributed by atoms with van der Waals surface area (Å²) in [6, 6.07) is 0. The molecule has 0 radical (unpaired) electrons. The number of carbonyl (C=O) groups is 1. The van der Waals surface area contributed by atoms with Crippen molar-refractivity contribution in [2.45, 2.75) is 56.6 Å². The molecule has 3 nitrogen and oxygen atoms in total. The molecule has 2 rings (SSSR count). The molecule has 0 saturated carbocycles. The third-order valence-corrected chi connectivity index (χ3v) is 4.76. The molecule has 3 unspecified atom stereocenters. The van der Waals surface area contributed by atoms with Gasteiger partial charge in [-0.1, -0.05) is 22.9 Å². The molecular weight excluding hydrogens is 282 g/mol. The van der Waals surface area contributed by atoms with Crippen molar-refractivity contribution in [2.24, 2.45) is 5.92 Å². The molecule has 4 heteroatoms. The van der Waals surface area contributed by atoms with Crippen LogP contribution in [0.25, 0.3) is 0 Å². The topological polar surface area (TPSA) is 29.5 Å². The van der Waals surface area contributed by atoms with Gasteiger partial charge in [0.05, 0.1) is 6.10 Å². The minimum absolute atomic E-state index is 0.164. The average Bonchev–Trinajstić information content (AvgIpc) is 2.75. The predicted molar refractivity (Wildman–Crippen MR) is 71.3 cm³/mol. The third-order valence-electron chi connectivity index (χ3n) is 4.01. The van der Waals surface area contributed by atoms with Gasteiger partial charge in [-0.3, -0.25) is 4.79 Å². The lowest BCUT2D eigenvalue weighted by molar-refractivity contribution is -0.144. The zero-order chi connectivity index (χ0) is 12.4. The summed E-state index contributed by atoms with van der Waals surface area (Å²) in [5, 5.41) is 0. The van der Waals surface area contributed by atoms with E-state index in [1.165, 1.54) is 0 Å². The molecule has 0 aromatic heterocycles. The Balaban J connectivity index is 1.82. The highest BCUT2D eigenvalue weighted by Gasteiger charge is 2.33. The van der Waals surface area contributed by atoms with Crippen LogP contribution in [0.5, 0.6) is 0 Å². The Labute approximate surface area is 112 Å². The molecule has 17 heavy (non-hydrogen) atoms. The van der Waals surface area contributed by atoms with E-state index in [1.807, 2.05) is 11.8 Å². The first-order valence-corrected chi connectivity index (χ1v) is 7.58. The van der Waals surface area contributed by atoms with Gasteiger partial charge in [-0.25, -0.2) is 0 Å². The van der Waals surface area contributed by atoms with E-state index in [1.54, 1.807) is 0 Å². The fraction of sp³-hybridized carbons (Fsp3) is 0.923. The summed E-state index contributed by atoms with van der Waals surface area (Å²) in [6.07, 6.45) is 4.23. The summed E-state index contributed by atoms with van der Waals surface area (Å²) in [5.74, 6) is 0.928. The van der Waals surface area contributed by atoms with Crippen LogP contribution in [0.15, 0.2) is 0 Å². The molecule has 0 aliphatic carbocycles. The normalized spacial score (nSPS) is 32.8. The van der Waals surface area contributed by atoms with Gasteiger partial charge in [0.1, 0.15) is 6.10 Å². The van der Waals surface area contributed by atoms with Crippen LogP contribution < -0.4 is 0 Å². The van der Waals surface area contributed by atoms with Gasteiger partial charge in [-0.05, 0) is 38.5 Å². The molecule has 2 heterocycles. The van der Waals surface area contributed by atoms with Crippen LogP contribution in [-0.2, 0) is 9.53 Å². The van der Waals surface area contributed by atoms with Crippen LogP contribution in [0.2, 0.25) is 0 Å². The van der Waals surface area contributed by atoms with Crippen LogP contribution in [0, 0.1) is 5.92 Å². The fourth-order valence-corrected chi connectivity index (χ4v) is 3.30. The van der Waals surface area contributed by atoms with Crippen LogP contribution in [0.3, 0.4) is 0 Å². The van der Waals surface area contributed by atoms with E-state index < -0.39 is 0 Å². The van der Waals surface area contributed by atoms with Crippen LogP contribution in [-0.4, -0.2) is 40.9 Å². The molecule has 3 atom stereocenters. The molecule has 0 spiro atoms. The summed E-state index contributed by atoms with van der Waals surface area (Å²) < 4.78 is 5.65. The number of piperidine rings is 1. The number of halogens is 1. The summed E-state index contributed by atoms with van der Waals surface area (Å²) >= 11 is 3.64. The van der Waals surface area contributed by atoms with Gasteiger partial charge in [0, 0.05) is 17.9 Å². The number of rotatable bonds is 2. The van der Waals surface area contributed by atoms with Gasteiger partial charge in [0.2, 0.25) is 0 Å². The summed E-state index contributed by atoms with van der Waals surface area (Å²) in [5.41, 5.74) is 0. The lowest BCUT2D eigenvalue weighted by Gasteiger charge is -2.34. The molecular formula is C13H22BrNO2. The maximum absolute atomic E-state index is 12.2.